The number of aromatic nitrogens is 2. The van der Waals surface area contributed by atoms with Crippen LogP contribution in [0.25, 0.3) is 0 Å². The minimum Gasteiger partial charge on any atom is -0.334 e. The SMILES string of the molecule is CCCc1nc(S(=O)(=O)Cl)cn1CCC. The molecule has 0 aromatic carbocycles. The van der Waals surface area contributed by atoms with E-state index in [9.17, 15) is 8.42 Å². The second kappa shape index (κ2) is 4.99. The number of nitrogens with zero attached hydrogens (tertiary/aromatic N) is 2. The van der Waals surface area contributed by atoms with E-state index in [0.29, 0.717) is 0 Å². The summed E-state index contributed by atoms with van der Waals surface area (Å²) in [4.78, 5) is 4.03. The zero-order valence-corrected chi connectivity index (χ0v) is 10.5. The van der Waals surface area contributed by atoms with Gasteiger partial charge in [-0.1, -0.05) is 13.8 Å². The number of halogens is 1. The highest BCUT2D eigenvalue weighted by atomic mass is 35.7. The van der Waals surface area contributed by atoms with Crippen LogP contribution in [-0.2, 0) is 22.0 Å². The van der Waals surface area contributed by atoms with Gasteiger partial charge < -0.3 is 4.57 Å². The van der Waals surface area contributed by atoms with Crippen LogP contribution in [0.3, 0.4) is 0 Å². The Hall–Kier alpha value is -0.550. The third kappa shape index (κ3) is 3.21. The summed E-state index contributed by atoms with van der Waals surface area (Å²) in [6.07, 6.45) is 4.15. The lowest BCUT2D eigenvalue weighted by atomic mass is 10.3. The number of hydrogen-bond acceptors (Lipinski definition) is 3. The molecule has 0 amide bonds. The smallest absolute Gasteiger partial charge is 0.280 e. The van der Waals surface area contributed by atoms with Crippen molar-refractivity contribution in [2.45, 2.75) is 44.7 Å². The molecule has 0 atom stereocenters. The molecular formula is C9H15ClN2O2S. The predicted octanol–water partition coefficient (Wildman–Crippen LogP) is 2.17. The highest BCUT2D eigenvalue weighted by Crippen LogP contribution is 2.15. The third-order valence-corrected chi connectivity index (χ3v) is 3.20. The first-order chi connectivity index (χ1) is 6.99. The highest BCUT2D eigenvalue weighted by Gasteiger charge is 2.16. The quantitative estimate of drug-likeness (QED) is 0.753. The molecule has 15 heavy (non-hydrogen) atoms. The van der Waals surface area contributed by atoms with Gasteiger partial charge >= 0.3 is 0 Å². The van der Waals surface area contributed by atoms with Gasteiger partial charge in [0.25, 0.3) is 9.05 Å². The van der Waals surface area contributed by atoms with Crippen molar-refractivity contribution in [3.05, 3.63) is 12.0 Å². The number of hydrogen-bond donors (Lipinski definition) is 0. The fourth-order valence-electron chi connectivity index (χ4n) is 1.40. The van der Waals surface area contributed by atoms with Gasteiger partial charge in [-0.25, -0.2) is 13.4 Å². The predicted molar refractivity (Wildman–Crippen MR) is 59.6 cm³/mol. The average molecular weight is 251 g/mol. The number of aryl methyl sites for hydroxylation is 2. The van der Waals surface area contributed by atoms with Gasteiger partial charge in [0, 0.05) is 29.8 Å². The van der Waals surface area contributed by atoms with Gasteiger partial charge in [0.1, 0.15) is 5.82 Å². The molecule has 0 bridgehead atoms. The summed E-state index contributed by atoms with van der Waals surface area (Å²) in [7, 11) is 1.54. The molecular weight excluding hydrogens is 236 g/mol. The highest BCUT2D eigenvalue weighted by molar-refractivity contribution is 8.13. The van der Waals surface area contributed by atoms with Crippen LogP contribution in [0.4, 0.5) is 0 Å². The van der Waals surface area contributed by atoms with Crippen molar-refractivity contribution in [3.63, 3.8) is 0 Å². The lowest BCUT2D eigenvalue weighted by molar-refractivity contribution is 0.606. The van der Waals surface area contributed by atoms with E-state index in [1.165, 1.54) is 6.20 Å². The van der Waals surface area contributed by atoms with Crippen molar-refractivity contribution in [1.82, 2.24) is 9.55 Å². The van der Waals surface area contributed by atoms with E-state index in [1.807, 2.05) is 18.4 Å². The molecule has 0 radical (unpaired) electrons. The molecule has 0 unspecified atom stereocenters. The second-order valence-electron chi connectivity index (χ2n) is 3.38. The van der Waals surface area contributed by atoms with E-state index in [2.05, 4.69) is 4.98 Å². The summed E-state index contributed by atoms with van der Waals surface area (Å²) in [5.41, 5.74) is 0. The maximum atomic E-state index is 11.1. The zero-order chi connectivity index (χ0) is 11.5. The molecule has 4 nitrogen and oxygen atoms in total. The molecule has 0 aliphatic rings. The Morgan fingerprint density at radius 2 is 2.07 bits per heavy atom. The van der Waals surface area contributed by atoms with Crippen LogP contribution in [0.2, 0.25) is 0 Å². The Labute approximate surface area is 94.7 Å². The molecule has 0 saturated carbocycles. The summed E-state index contributed by atoms with van der Waals surface area (Å²) < 4.78 is 24.1. The van der Waals surface area contributed by atoms with E-state index >= 15 is 0 Å². The van der Waals surface area contributed by atoms with E-state index in [1.54, 1.807) is 0 Å². The van der Waals surface area contributed by atoms with Gasteiger partial charge in [0.2, 0.25) is 0 Å². The van der Waals surface area contributed by atoms with Crippen LogP contribution in [0.1, 0.15) is 32.5 Å². The van der Waals surface area contributed by atoms with Crippen molar-refractivity contribution < 1.29 is 8.42 Å². The van der Waals surface area contributed by atoms with Crippen molar-refractivity contribution in [3.8, 4) is 0 Å². The average Bonchev–Trinajstić information content (AvgIpc) is 2.50. The Morgan fingerprint density at radius 1 is 1.40 bits per heavy atom. The zero-order valence-electron chi connectivity index (χ0n) is 8.90. The van der Waals surface area contributed by atoms with Gasteiger partial charge in [0.15, 0.2) is 5.03 Å². The maximum absolute atomic E-state index is 11.1. The molecule has 0 aliphatic carbocycles. The Bertz CT molecular complexity index is 402. The summed E-state index contributed by atoms with van der Waals surface area (Å²) in [6.45, 7) is 4.83. The molecule has 0 fully saturated rings. The van der Waals surface area contributed by atoms with Crippen molar-refractivity contribution in [2.75, 3.05) is 0 Å². The Morgan fingerprint density at radius 3 is 2.53 bits per heavy atom. The lowest BCUT2D eigenvalue weighted by Crippen LogP contribution is -2.01. The fraction of sp³-hybridized carbons (Fsp3) is 0.667. The van der Waals surface area contributed by atoms with Crippen LogP contribution >= 0.6 is 10.7 Å². The van der Waals surface area contributed by atoms with Crippen molar-refractivity contribution in [2.24, 2.45) is 0 Å². The molecule has 0 spiro atoms. The van der Waals surface area contributed by atoms with Gasteiger partial charge in [-0.3, -0.25) is 0 Å². The molecule has 0 aliphatic heterocycles. The number of imidazole rings is 1. The molecule has 1 rings (SSSR count). The molecule has 86 valence electrons. The first-order valence-electron chi connectivity index (χ1n) is 4.99. The first kappa shape index (κ1) is 12.5. The molecule has 1 aromatic rings. The van der Waals surface area contributed by atoms with E-state index in [-0.39, 0.29) is 5.03 Å². The van der Waals surface area contributed by atoms with Gasteiger partial charge in [0.05, 0.1) is 0 Å². The third-order valence-electron chi connectivity index (χ3n) is 2.02. The largest absolute Gasteiger partial charge is 0.334 e. The van der Waals surface area contributed by atoms with Crippen LogP contribution in [0.15, 0.2) is 11.2 Å². The molecule has 0 saturated heterocycles. The lowest BCUT2D eigenvalue weighted by Gasteiger charge is -2.03. The van der Waals surface area contributed by atoms with Gasteiger partial charge in [-0.05, 0) is 12.8 Å². The summed E-state index contributed by atoms with van der Waals surface area (Å²) >= 11 is 0. The molecule has 1 aromatic heterocycles. The summed E-state index contributed by atoms with van der Waals surface area (Å²) in [5, 5.41) is -0.0407. The fourth-order valence-corrected chi connectivity index (χ4v) is 2.09. The van der Waals surface area contributed by atoms with Gasteiger partial charge in [-0.15, -0.1) is 0 Å². The van der Waals surface area contributed by atoms with Crippen molar-refractivity contribution in [1.29, 1.82) is 0 Å². The van der Waals surface area contributed by atoms with Crippen LogP contribution in [0.5, 0.6) is 0 Å². The minimum absolute atomic E-state index is 0.0407. The number of rotatable bonds is 5. The molecule has 1 heterocycles. The monoisotopic (exact) mass is 250 g/mol. The first-order valence-corrected chi connectivity index (χ1v) is 7.30. The Kier molecular flexibility index (Phi) is 4.16. The minimum atomic E-state index is -3.70. The van der Waals surface area contributed by atoms with Gasteiger partial charge in [-0.2, -0.15) is 0 Å². The normalized spacial score (nSPS) is 11.9. The standard InChI is InChI=1S/C9H15ClN2O2S/c1-3-5-8-11-9(15(10,13)14)7-12(8)6-4-2/h7H,3-6H2,1-2H3. The van der Waals surface area contributed by atoms with Crippen LogP contribution in [0, 0.1) is 0 Å². The van der Waals surface area contributed by atoms with Crippen LogP contribution < -0.4 is 0 Å². The topological polar surface area (TPSA) is 52.0 Å². The van der Waals surface area contributed by atoms with E-state index < -0.39 is 9.05 Å². The Balaban J connectivity index is 3.09. The van der Waals surface area contributed by atoms with E-state index in [4.69, 9.17) is 10.7 Å². The molecule has 6 heteroatoms. The maximum Gasteiger partial charge on any atom is 0.280 e. The summed E-state index contributed by atoms with van der Waals surface area (Å²) in [6, 6.07) is 0. The van der Waals surface area contributed by atoms with Crippen molar-refractivity contribution >= 4 is 19.7 Å². The van der Waals surface area contributed by atoms with E-state index in [0.717, 1.165) is 31.6 Å². The van der Waals surface area contributed by atoms with Crippen LogP contribution in [-0.4, -0.2) is 18.0 Å². The molecule has 0 N–H and O–H groups in total. The second-order valence-corrected chi connectivity index (χ2v) is 5.89. The summed E-state index contributed by atoms with van der Waals surface area (Å²) in [5.74, 6) is 0.790.